The van der Waals surface area contributed by atoms with E-state index in [-0.39, 0.29) is 5.97 Å². The van der Waals surface area contributed by atoms with Crippen LogP contribution < -0.4 is 0 Å². The van der Waals surface area contributed by atoms with Gasteiger partial charge in [0, 0.05) is 21.1 Å². The van der Waals surface area contributed by atoms with E-state index in [4.69, 9.17) is 4.18 Å². The van der Waals surface area contributed by atoms with Gasteiger partial charge in [-0.05, 0) is 94.3 Å². The van der Waals surface area contributed by atoms with Gasteiger partial charge in [0.05, 0.1) is 0 Å². The fourth-order valence-electron chi connectivity index (χ4n) is 5.13. The molecule has 0 aliphatic carbocycles. The minimum Gasteiger partial charge on any atom is -0.402 e. The molecule has 0 saturated carbocycles. The topological polar surface area (TPSA) is 26.3 Å². The number of carbonyl (C=O) groups excluding carboxylic acids is 1. The molecule has 0 unspecified atom stereocenters. The van der Waals surface area contributed by atoms with Gasteiger partial charge in [-0.1, -0.05) is 90.9 Å². The van der Waals surface area contributed by atoms with Crippen LogP contribution in [0.4, 0.5) is 0 Å². The summed E-state index contributed by atoms with van der Waals surface area (Å²) in [5.74, 6) is -0.138. The predicted molar refractivity (Wildman–Crippen MR) is 154 cm³/mol. The van der Waals surface area contributed by atoms with Gasteiger partial charge in [-0.25, -0.2) is 0 Å². The van der Waals surface area contributed by atoms with Crippen LogP contribution in [0.1, 0.15) is 88.3 Å². The Balaban J connectivity index is 2.65. The molecule has 36 heavy (non-hydrogen) atoms. The number of hydrogen-bond donors (Lipinski definition) is 0. The van der Waals surface area contributed by atoms with E-state index in [1.54, 1.807) is 0 Å². The summed E-state index contributed by atoms with van der Waals surface area (Å²) in [5, 5.41) is 0. The molecule has 3 rings (SSSR count). The summed E-state index contributed by atoms with van der Waals surface area (Å²) in [7, 11) is -2.31. The third-order valence-corrected chi connectivity index (χ3v) is 10.7. The molecule has 194 valence electrons. The largest absolute Gasteiger partial charge is 0.402 e. The number of aryl methyl sites for hydroxylation is 6. The van der Waals surface area contributed by atoms with Crippen LogP contribution >= 0.6 is 10.3 Å². The standard InChI is InChI=1S/C33H44O2S/c1-8-24-20-26(10-3)32(27(11-4)21-24)36(35-31(34)14-7,30-18-16-15-17-19-30)33-28(12-5)22-25(9-2)23-29(33)13-6/h15-23H,8-14H2,1-7H3. The van der Waals surface area contributed by atoms with Gasteiger partial charge in [0.15, 0.2) is 0 Å². The van der Waals surface area contributed by atoms with Crippen molar-refractivity contribution in [2.75, 3.05) is 0 Å². The lowest BCUT2D eigenvalue weighted by Crippen LogP contribution is -2.19. The average molecular weight is 505 g/mol. The zero-order valence-electron chi connectivity index (χ0n) is 23.4. The van der Waals surface area contributed by atoms with E-state index in [1.807, 2.05) is 6.92 Å². The van der Waals surface area contributed by atoms with Gasteiger partial charge in [0.25, 0.3) is 0 Å². The fourth-order valence-corrected chi connectivity index (χ4v) is 9.30. The molecule has 0 heterocycles. The smallest absolute Gasteiger partial charge is 0.316 e. The van der Waals surface area contributed by atoms with E-state index in [9.17, 15) is 4.79 Å². The number of rotatable bonds is 11. The lowest BCUT2D eigenvalue weighted by molar-refractivity contribution is -0.133. The molecule has 0 bridgehead atoms. The van der Waals surface area contributed by atoms with Crippen molar-refractivity contribution in [3.63, 3.8) is 0 Å². The summed E-state index contributed by atoms with van der Waals surface area (Å²) < 4.78 is 6.91. The van der Waals surface area contributed by atoms with Gasteiger partial charge in [0.2, 0.25) is 0 Å². The van der Waals surface area contributed by atoms with Crippen molar-refractivity contribution < 1.29 is 8.98 Å². The first kappa shape index (κ1) is 28.1. The van der Waals surface area contributed by atoms with Gasteiger partial charge in [-0.15, -0.1) is 0 Å². The zero-order valence-corrected chi connectivity index (χ0v) is 24.2. The Morgan fingerprint density at radius 3 is 1.31 bits per heavy atom. The normalized spacial score (nSPS) is 12.0. The lowest BCUT2D eigenvalue weighted by atomic mass is 10.0. The number of benzene rings is 3. The maximum absolute atomic E-state index is 13.4. The van der Waals surface area contributed by atoms with E-state index in [0.29, 0.717) is 6.42 Å². The van der Waals surface area contributed by atoms with Crippen molar-refractivity contribution in [3.05, 3.63) is 88.0 Å². The van der Waals surface area contributed by atoms with Crippen LogP contribution in [0.3, 0.4) is 0 Å². The molecule has 0 atom stereocenters. The van der Waals surface area contributed by atoms with Crippen molar-refractivity contribution in [1.82, 2.24) is 0 Å². The highest BCUT2D eigenvalue weighted by atomic mass is 32.3. The van der Waals surface area contributed by atoms with E-state index in [0.717, 1.165) is 43.4 Å². The van der Waals surface area contributed by atoms with E-state index in [1.165, 1.54) is 43.2 Å². The zero-order chi connectivity index (χ0) is 26.3. The molecule has 2 nitrogen and oxygen atoms in total. The van der Waals surface area contributed by atoms with Gasteiger partial charge in [-0.3, -0.25) is 4.79 Å². The van der Waals surface area contributed by atoms with Crippen LogP contribution in [0.15, 0.2) is 69.3 Å². The Kier molecular flexibility index (Phi) is 9.84. The van der Waals surface area contributed by atoms with E-state index in [2.05, 4.69) is 96.1 Å². The SMILES string of the molecule is CCC(=O)OS(c1ccccc1)(c1c(CC)cc(CC)cc1CC)c1c(CC)cc(CC)cc1CC. The predicted octanol–water partition coefficient (Wildman–Crippen LogP) is 9.21. The quantitative estimate of drug-likeness (QED) is 0.260. The maximum atomic E-state index is 13.4. The Hall–Kier alpha value is -2.52. The Morgan fingerprint density at radius 2 is 1.00 bits per heavy atom. The minimum atomic E-state index is -2.31. The molecule has 0 spiro atoms. The third kappa shape index (κ3) is 5.27. The molecule has 0 aliphatic rings. The van der Waals surface area contributed by atoms with Crippen molar-refractivity contribution >= 4 is 16.3 Å². The first-order chi connectivity index (χ1) is 17.4. The van der Waals surface area contributed by atoms with Crippen molar-refractivity contribution in [2.24, 2.45) is 0 Å². The fraction of sp³-hybridized carbons (Fsp3) is 0.424. The van der Waals surface area contributed by atoms with Crippen molar-refractivity contribution in [3.8, 4) is 0 Å². The second-order valence-electron chi connectivity index (χ2n) is 9.29. The summed E-state index contributed by atoms with van der Waals surface area (Å²) in [4.78, 5) is 17.0. The molecular formula is C33H44O2S. The average Bonchev–Trinajstić information content (AvgIpc) is 2.94. The highest BCUT2D eigenvalue weighted by Gasteiger charge is 2.41. The monoisotopic (exact) mass is 504 g/mol. The van der Waals surface area contributed by atoms with Gasteiger partial charge in [0.1, 0.15) is 0 Å². The molecule has 0 radical (unpaired) electrons. The van der Waals surface area contributed by atoms with Crippen molar-refractivity contribution in [2.45, 2.75) is 108 Å². The summed E-state index contributed by atoms with van der Waals surface area (Å²) in [6, 6.07) is 20.0. The molecule has 0 aliphatic heterocycles. The second-order valence-corrected chi connectivity index (χ2v) is 11.9. The van der Waals surface area contributed by atoms with Crippen LogP contribution in [-0.4, -0.2) is 5.97 Å². The third-order valence-electron chi connectivity index (χ3n) is 7.10. The van der Waals surface area contributed by atoms with Crippen molar-refractivity contribution in [1.29, 1.82) is 0 Å². The minimum absolute atomic E-state index is 0.138. The van der Waals surface area contributed by atoms with Gasteiger partial charge in [-0.2, -0.15) is 0 Å². The highest BCUT2D eigenvalue weighted by Crippen LogP contribution is 2.72. The van der Waals surface area contributed by atoms with E-state index >= 15 is 0 Å². The van der Waals surface area contributed by atoms with Crippen LogP contribution in [0.2, 0.25) is 0 Å². The summed E-state index contributed by atoms with van der Waals surface area (Å²) in [5.41, 5.74) is 7.91. The molecule has 0 saturated heterocycles. The molecule has 0 fully saturated rings. The lowest BCUT2D eigenvalue weighted by Gasteiger charge is -2.44. The Morgan fingerprint density at radius 1 is 0.611 bits per heavy atom. The van der Waals surface area contributed by atoms with Gasteiger partial charge < -0.3 is 4.18 Å². The molecule has 0 amide bonds. The molecule has 0 N–H and O–H groups in total. The van der Waals surface area contributed by atoms with E-state index < -0.39 is 10.3 Å². The highest BCUT2D eigenvalue weighted by molar-refractivity contribution is 8.30. The molecule has 3 aromatic carbocycles. The Bertz CT molecular complexity index is 1070. The second kappa shape index (κ2) is 12.6. The van der Waals surface area contributed by atoms with Gasteiger partial charge >= 0.3 is 5.97 Å². The maximum Gasteiger partial charge on any atom is 0.316 e. The molecular weight excluding hydrogens is 460 g/mol. The number of hydrogen-bond acceptors (Lipinski definition) is 2. The Labute approximate surface area is 221 Å². The summed E-state index contributed by atoms with van der Waals surface area (Å²) in [6.45, 7) is 15.3. The van der Waals surface area contributed by atoms with Crippen LogP contribution in [-0.2, 0) is 47.5 Å². The van der Waals surface area contributed by atoms with Crippen LogP contribution in [0.5, 0.6) is 0 Å². The summed E-state index contributed by atoms with van der Waals surface area (Å²) in [6.07, 6.45) is 5.94. The first-order valence-corrected chi connectivity index (χ1v) is 15.4. The first-order valence-electron chi connectivity index (χ1n) is 13.8. The van der Waals surface area contributed by atoms with Crippen LogP contribution in [0.25, 0.3) is 0 Å². The molecule has 3 aromatic rings. The molecule has 0 aromatic heterocycles. The molecule has 3 heteroatoms. The summed E-state index contributed by atoms with van der Waals surface area (Å²) >= 11 is 0. The number of carbonyl (C=O) groups is 1. The van der Waals surface area contributed by atoms with Crippen LogP contribution in [0, 0.1) is 0 Å².